The summed E-state index contributed by atoms with van der Waals surface area (Å²) in [7, 11) is 0. The second kappa shape index (κ2) is 5.77. The summed E-state index contributed by atoms with van der Waals surface area (Å²) in [5.74, 6) is 0.258. The number of rotatable bonds is 4. The second-order valence-corrected chi connectivity index (χ2v) is 5.93. The van der Waals surface area contributed by atoms with Gasteiger partial charge in [0.25, 0.3) is 0 Å². The molecule has 3 atom stereocenters. The minimum absolute atomic E-state index is 0.0353. The highest BCUT2D eigenvalue weighted by molar-refractivity contribution is 5.84. The molecule has 1 amide bonds. The molecule has 108 valence electrons. The molecule has 3 heterocycles. The van der Waals surface area contributed by atoms with E-state index in [9.17, 15) is 4.79 Å². The molecule has 1 N–H and O–H groups in total. The van der Waals surface area contributed by atoms with Gasteiger partial charge in [0.15, 0.2) is 0 Å². The standard InChI is InChI=1S/C14H25N3O2/c1-2-15-13-5-7-17(14(13)18)9-12-8-16-6-3-4-11(16)10-19-12/h11-13,15H,2-10H2,1H3. The van der Waals surface area contributed by atoms with Crippen LogP contribution in [0.4, 0.5) is 0 Å². The number of fused-ring (bicyclic) bond motifs is 1. The Labute approximate surface area is 115 Å². The zero-order valence-corrected chi connectivity index (χ0v) is 11.8. The Morgan fingerprint density at radius 3 is 3.11 bits per heavy atom. The summed E-state index contributed by atoms with van der Waals surface area (Å²) in [5, 5.41) is 3.26. The van der Waals surface area contributed by atoms with Gasteiger partial charge in [0.05, 0.1) is 18.8 Å². The second-order valence-electron chi connectivity index (χ2n) is 5.93. The van der Waals surface area contributed by atoms with Crippen molar-refractivity contribution < 1.29 is 9.53 Å². The van der Waals surface area contributed by atoms with E-state index in [2.05, 4.69) is 10.2 Å². The van der Waals surface area contributed by atoms with E-state index in [1.165, 1.54) is 19.4 Å². The van der Waals surface area contributed by atoms with Crippen molar-refractivity contribution in [2.24, 2.45) is 0 Å². The van der Waals surface area contributed by atoms with Gasteiger partial charge in [0.2, 0.25) is 5.91 Å². The molecule has 3 fully saturated rings. The Kier molecular flexibility index (Phi) is 4.05. The Balaban J connectivity index is 1.50. The highest BCUT2D eigenvalue weighted by Gasteiger charge is 2.36. The summed E-state index contributed by atoms with van der Waals surface area (Å²) in [4.78, 5) is 16.7. The van der Waals surface area contributed by atoms with E-state index in [1.54, 1.807) is 0 Å². The topological polar surface area (TPSA) is 44.8 Å². The zero-order chi connectivity index (χ0) is 13.2. The quantitative estimate of drug-likeness (QED) is 0.782. The summed E-state index contributed by atoms with van der Waals surface area (Å²) >= 11 is 0. The number of hydrogen-bond acceptors (Lipinski definition) is 4. The number of nitrogens with zero attached hydrogens (tertiary/aromatic N) is 2. The number of ether oxygens (including phenoxy) is 1. The first-order valence-electron chi connectivity index (χ1n) is 7.65. The van der Waals surface area contributed by atoms with Gasteiger partial charge in [-0.1, -0.05) is 6.92 Å². The van der Waals surface area contributed by atoms with Gasteiger partial charge in [0.1, 0.15) is 0 Å². The number of carbonyl (C=O) groups is 1. The highest BCUT2D eigenvalue weighted by atomic mass is 16.5. The number of likely N-dealkylation sites (tertiary alicyclic amines) is 1. The number of hydrogen-bond donors (Lipinski definition) is 1. The molecule has 0 aromatic carbocycles. The molecule has 3 aliphatic rings. The van der Waals surface area contributed by atoms with E-state index in [4.69, 9.17) is 4.74 Å². The minimum Gasteiger partial charge on any atom is -0.373 e. The first-order chi connectivity index (χ1) is 9.28. The molecule has 0 aromatic heterocycles. The summed E-state index contributed by atoms with van der Waals surface area (Å²) in [5.41, 5.74) is 0. The van der Waals surface area contributed by atoms with Crippen molar-refractivity contribution in [1.29, 1.82) is 0 Å². The van der Waals surface area contributed by atoms with Gasteiger partial charge in [-0.3, -0.25) is 9.69 Å². The van der Waals surface area contributed by atoms with Crippen molar-refractivity contribution in [3.05, 3.63) is 0 Å². The van der Waals surface area contributed by atoms with Crippen LogP contribution in [0.1, 0.15) is 26.2 Å². The van der Waals surface area contributed by atoms with Gasteiger partial charge in [-0.15, -0.1) is 0 Å². The van der Waals surface area contributed by atoms with E-state index in [0.717, 1.165) is 39.2 Å². The molecule has 0 saturated carbocycles. The van der Waals surface area contributed by atoms with Gasteiger partial charge >= 0.3 is 0 Å². The fraction of sp³-hybridized carbons (Fsp3) is 0.929. The Morgan fingerprint density at radius 1 is 1.37 bits per heavy atom. The van der Waals surface area contributed by atoms with Crippen molar-refractivity contribution in [3.8, 4) is 0 Å². The largest absolute Gasteiger partial charge is 0.373 e. The average molecular weight is 267 g/mol. The SMILES string of the molecule is CCNC1CCN(CC2CN3CCCC3CO2)C1=O. The lowest BCUT2D eigenvalue weighted by Gasteiger charge is -2.36. The molecule has 3 aliphatic heterocycles. The fourth-order valence-corrected chi connectivity index (χ4v) is 3.60. The van der Waals surface area contributed by atoms with Crippen LogP contribution in [0.25, 0.3) is 0 Å². The molecule has 3 unspecified atom stereocenters. The van der Waals surface area contributed by atoms with Crippen LogP contribution in [0.2, 0.25) is 0 Å². The number of carbonyl (C=O) groups excluding carboxylic acids is 1. The molecule has 0 aliphatic carbocycles. The van der Waals surface area contributed by atoms with Crippen LogP contribution in [-0.4, -0.2) is 73.2 Å². The van der Waals surface area contributed by atoms with Crippen LogP contribution < -0.4 is 5.32 Å². The van der Waals surface area contributed by atoms with Crippen LogP contribution in [0.3, 0.4) is 0 Å². The maximum Gasteiger partial charge on any atom is 0.239 e. The van der Waals surface area contributed by atoms with Crippen LogP contribution in [0.15, 0.2) is 0 Å². The van der Waals surface area contributed by atoms with Crippen molar-refractivity contribution in [2.45, 2.75) is 44.4 Å². The van der Waals surface area contributed by atoms with Crippen LogP contribution in [0.5, 0.6) is 0 Å². The molecule has 5 heteroatoms. The third-order valence-electron chi connectivity index (χ3n) is 4.63. The molecule has 5 nitrogen and oxygen atoms in total. The maximum absolute atomic E-state index is 12.2. The highest BCUT2D eigenvalue weighted by Crippen LogP contribution is 2.23. The Hall–Kier alpha value is -0.650. The van der Waals surface area contributed by atoms with Gasteiger partial charge < -0.3 is 15.0 Å². The zero-order valence-electron chi connectivity index (χ0n) is 11.8. The summed E-state index contributed by atoms with van der Waals surface area (Å²) in [6.07, 6.45) is 3.72. The number of likely N-dealkylation sites (N-methyl/N-ethyl adjacent to an activating group) is 1. The lowest BCUT2D eigenvalue weighted by atomic mass is 10.2. The average Bonchev–Trinajstić information content (AvgIpc) is 3.00. The Morgan fingerprint density at radius 2 is 2.26 bits per heavy atom. The number of morpholine rings is 1. The van der Waals surface area contributed by atoms with Gasteiger partial charge in [-0.05, 0) is 32.4 Å². The lowest BCUT2D eigenvalue weighted by molar-refractivity contribution is -0.133. The predicted octanol–water partition coefficient (Wildman–Crippen LogP) is 0.0600. The minimum atomic E-state index is 0.0353. The predicted molar refractivity (Wildman–Crippen MR) is 73.0 cm³/mol. The molecule has 0 radical (unpaired) electrons. The van der Waals surface area contributed by atoms with Crippen LogP contribution in [-0.2, 0) is 9.53 Å². The van der Waals surface area contributed by atoms with Crippen molar-refractivity contribution in [3.63, 3.8) is 0 Å². The third-order valence-corrected chi connectivity index (χ3v) is 4.63. The van der Waals surface area contributed by atoms with E-state index < -0.39 is 0 Å². The summed E-state index contributed by atoms with van der Waals surface area (Å²) in [6.45, 7) is 7.61. The van der Waals surface area contributed by atoms with Crippen molar-refractivity contribution >= 4 is 5.91 Å². The number of amides is 1. The lowest BCUT2D eigenvalue weighted by Crippen LogP contribution is -2.51. The van der Waals surface area contributed by atoms with Crippen molar-refractivity contribution in [1.82, 2.24) is 15.1 Å². The molecule has 3 rings (SSSR count). The van der Waals surface area contributed by atoms with E-state index in [1.807, 2.05) is 11.8 Å². The maximum atomic E-state index is 12.2. The normalized spacial score (nSPS) is 35.9. The first-order valence-corrected chi connectivity index (χ1v) is 7.65. The number of nitrogens with one attached hydrogen (secondary N) is 1. The monoisotopic (exact) mass is 267 g/mol. The molecular formula is C14H25N3O2. The first kappa shape index (κ1) is 13.3. The van der Waals surface area contributed by atoms with E-state index in [-0.39, 0.29) is 18.1 Å². The fourth-order valence-electron chi connectivity index (χ4n) is 3.60. The van der Waals surface area contributed by atoms with Gasteiger partial charge in [-0.2, -0.15) is 0 Å². The van der Waals surface area contributed by atoms with Gasteiger partial charge in [0, 0.05) is 25.7 Å². The summed E-state index contributed by atoms with van der Waals surface area (Å²) < 4.78 is 5.94. The molecule has 0 spiro atoms. The van der Waals surface area contributed by atoms with Gasteiger partial charge in [-0.25, -0.2) is 0 Å². The van der Waals surface area contributed by atoms with E-state index in [0.29, 0.717) is 6.04 Å². The smallest absolute Gasteiger partial charge is 0.239 e. The molecule has 19 heavy (non-hydrogen) atoms. The molecular weight excluding hydrogens is 242 g/mol. The van der Waals surface area contributed by atoms with E-state index >= 15 is 0 Å². The molecule has 3 saturated heterocycles. The molecule has 0 bridgehead atoms. The Bertz CT molecular complexity index is 337. The third kappa shape index (κ3) is 2.78. The molecule has 0 aromatic rings. The van der Waals surface area contributed by atoms with Crippen molar-refractivity contribution in [2.75, 3.05) is 39.3 Å². The van der Waals surface area contributed by atoms with Crippen LogP contribution >= 0.6 is 0 Å². The van der Waals surface area contributed by atoms with Crippen LogP contribution in [0, 0.1) is 0 Å². The summed E-state index contributed by atoms with van der Waals surface area (Å²) in [6, 6.07) is 0.674.